The summed E-state index contributed by atoms with van der Waals surface area (Å²) in [4.78, 5) is 10.3. The van der Waals surface area contributed by atoms with Crippen molar-refractivity contribution < 1.29 is 9.53 Å². The van der Waals surface area contributed by atoms with Gasteiger partial charge in [-0.05, 0) is 12.5 Å². The van der Waals surface area contributed by atoms with Gasteiger partial charge >= 0.3 is 5.97 Å². The fraction of sp³-hybridized carbons (Fsp3) is 0.0909. The van der Waals surface area contributed by atoms with Crippen molar-refractivity contribution in [3.05, 3.63) is 105 Å². The molecule has 0 amide bonds. The average Bonchev–Trinajstić information content (AvgIpc) is 2.69. The molecule has 1 rings (SSSR count). The Kier molecular flexibility index (Phi) is 27.1. The first-order valence-corrected chi connectivity index (χ1v) is 7.39. The van der Waals surface area contributed by atoms with E-state index in [2.05, 4.69) is 37.6 Å². The van der Waals surface area contributed by atoms with Crippen LogP contribution in [0.2, 0.25) is 0 Å². The highest BCUT2D eigenvalue weighted by molar-refractivity contribution is 5.81. The number of nitriles is 1. The van der Waals surface area contributed by atoms with Crippen LogP contribution in [0.3, 0.4) is 0 Å². The Bertz CT molecular complexity index is 557. The summed E-state index contributed by atoms with van der Waals surface area (Å²) in [5, 5.41) is 7.51. The Hall–Kier alpha value is -3.38. The summed E-state index contributed by atoms with van der Waals surface area (Å²) in [6.07, 6.45) is 11.0. The van der Waals surface area contributed by atoms with Gasteiger partial charge in [0.15, 0.2) is 0 Å². The van der Waals surface area contributed by atoms with E-state index in [-0.39, 0.29) is 5.97 Å². The summed E-state index contributed by atoms with van der Waals surface area (Å²) in [5.74, 6) is -0.381. The number of hydrogen-bond donors (Lipinski definition) is 0. The summed E-state index contributed by atoms with van der Waals surface area (Å²) < 4.78 is 4.59. The van der Waals surface area contributed by atoms with Gasteiger partial charge in [-0.25, -0.2) is 4.79 Å². The van der Waals surface area contributed by atoms with E-state index >= 15 is 0 Å². The van der Waals surface area contributed by atoms with Crippen LogP contribution in [-0.2, 0) is 9.53 Å². The van der Waals surface area contributed by atoms with Crippen LogP contribution in [0.15, 0.2) is 99.7 Å². The molecule has 0 atom stereocenters. The Morgan fingerprint density at radius 3 is 1.92 bits per heavy atom. The highest BCUT2D eigenvalue weighted by Crippen LogP contribution is 1.97. The molecule has 0 aliphatic heterocycles. The maximum Gasteiger partial charge on any atom is 0.330 e. The molecule has 0 unspecified atom stereocenters. The number of hydrogen-bond acceptors (Lipinski definition) is 3. The van der Waals surface area contributed by atoms with Crippen molar-refractivity contribution in [1.82, 2.24) is 0 Å². The summed E-state index contributed by atoms with van der Waals surface area (Å²) in [6, 6.07) is 11.7. The van der Waals surface area contributed by atoms with Crippen LogP contribution in [0.5, 0.6) is 0 Å². The zero-order valence-electron chi connectivity index (χ0n) is 14.9. The molecule has 3 heteroatoms. The van der Waals surface area contributed by atoms with Gasteiger partial charge in [-0.15, -0.1) is 0 Å². The Morgan fingerprint density at radius 2 is 1.64 bits per heavy atom. The van der Waals surface area contributed by atoms with Crippen LogP contribution in [0, 0.1) is 11.3 Å². The third-order valence-electron chi connectivity index (χ3n) is 2.02. The first-order chi connectivity index (χ1) is 12.1. The summed E-state index contributed by atoms with van der Waals surface area (Å²) in [5.41, 5.74) is 1.17. The van der Waals surface area contributed by atoms with E-state index in [1.54, 1.807) is 24.3 Å². The smallest absolute Gasteiger partial charge is 0.330 e. The van der Waals surface area contributed by atoms with Gasteiger partial charge in [0.1, 0.15) is 6.61 Å². The zero-order chi connectivity index (χ0) is 19.8. The van der Waals surface area contributed by atoms with Crippen molar-refractivity contribution in [2.24, 2.45) is 0 Å². The molecule has 0 fully saturated rings. The van der Waals surface area contributed by atoms with Crippen LogP contribution < -0.4 is 0 Å². The van der Waals surface area contributed by atoms with Gasteiger partial charge in [0, 0.05) is 12.2 Å². The molecular formula is C22H27NO2. The van der Waals surface area contributed by atoms with E-state index in [9.17, 15) is 4.79 Å². The normalized spacial score (nSPS) is 7.52. The predicted molar refractivity (Wildman–Crippen MR) is 109 cm³/mol. The fourth-order valence-corrected chi connectivity index (χ4v) is 0.875. The first-order valence-electron chi connectivity index (χ1n) is 7.39. The summed E-state index contributed by atoms with van der Waals surface area (Å²) in [7, 11) is 0. The largest absolute Gasteiger partial charge is 0.458 e. The molecule has 0 heterocycles. The third kappa shape index (κ3) is 29.3. The molecule has 0 bridgehead atoms. The number of rotatable bonds is 5. The molecule has 25 heavy (non-hydrogen) atoms. The number of allylic oxidation sites excluding steroid dienone is 4. The van der Waals surface area contributed by atoms with Crippen molar-refractivity contribution in [2.45, 2.75) is 6.92 Å². The second-order valence-electron chi connectivity index (χ2n) is 3.82. The lowest BCUT2D eigenvalue weighted by molar-refractivity contribution is -0.136. The van der Waals surface area contributed by atoms with Crippen LogP contribution in [-0.4, -0.2) is 12.6 Å². The van der Waals surface area contributed by atoms with Crippen LogP contribution in [0.4, 0.5) is 0 Å². The molecule has 0 aromatic heterocycles. The summed E-state index contributed by atoms with van der Waals surface area (Å²) in [6.45, 7) is 18.9. The van der Waals surface area contributed by atoms with Crippen LogP contribution in [0.1, 0.15) is 12.5 Å². The maximum atomic E-state index is 10.3. The molecule has 0 radical (unpaired) electrons. The van der Waals surface area contributed by atoms with Gasteiger partial charge in [0.05, 0.1) is 6.07 Å². The maximum absolute atomic E-state index is 10.3. The van der Waals surface area contributed by atoms with E-state index < -0.39 is 0 Å². The predicted octanol–water partition coefficient (Wildman–Crippen LogP) is 5.68. The Balaban J connectivity index is -0.000000276. The van der Waals surface area contributed by atoms with Crippen LogP contribution >= 0.6 is 0 Å². The SMILES string of the molecule is C=CC#N.C=CC(=O)OCC=CC.C=CC=C.C=Cc1ccccc1. The molecule has 0 aliphatic carbocycles. The van der Waals surface area contributed by atoms with Crippen molar-refractivity contribution in [3.63, 3.8) is 0 Å². The molecule has 1 aromatic carbocycles. The topological polar surface area (TPSA) is 50.1 Å². The first kappa shape index (κ1) is 26.5. The third-order valence-corrected chi connectivity index (χ3v) is 2.02. The minimum atomic E-state index is -0.381. The van der Waals surface area contributed by atoms with Crippen molar-refractivity contribution in [1.29, 1.82) is 5.26 Å². The number of benzene rings is 1. The molecule has 0 aliphatic rings. The van der Waals surface area contributed by atoms with Crippen molar-refractivity contribution >= 4 is 12.0 Å². The van der Waals surface area contributed by atoms with Gasteiger partial charge in [0.25, 0.3) is 0 Å². The standard InChI is InChI=1S/C8H8.C7H10O2.C4H6.C3H3N/c1-2-8-6-4-3-5-7-8;1-3-5-6-9-7(8)4-2;1-3-4-2;1-2-3-4/h2-7H,1H2;3-5H,2,6H2,1H3;3-4H,1-2H2;2H,1H2. The van der Waals surface area contributed by atoms with E-state index in [1.165, 1.54) is 11.6 Å². The van der Waals surface area contributed by atoms with Gasteiger partial charge < -0.3 is 4.74 Å². The van der Waals surface area contributed by atoms with Crippen molar-refractivity contribution in [2.75, 3.05) is 6.61 Å². The number of ether oxygens (including phenoxy) is 1. The number of carbonyl (C=O) groups excluding carboxylic acids is 1. The second kappa shape index (κ2) is 25.6. The van der Waals surface area contributed by atoms with Gasteiger partial charge in [-0.3, -0.25) is 0 Å². The highest BCUT2D eigenvalue weighted by atomic mass is 16.5. The molecule has 0 spiro atoms. The molecule has 0 saturated carbocycles. The lowest BCUT2D eigenvalue weighted by atomic mass is 10.2. The average molecular weight is 337 g/mol. The molecule has 3 nitrogen and oxygen atoms in total. The van der Waals surface area contributed by atoms with Crippen LogP contribution in [0.25, 0.3) is 6.08 Å². The fourth-order valence-electron chi connectivity index (χ4n) is 0.875. The highest BCUT2D eigenvalue weighted by Gasteiger charge is 1.88. The van der Waals surface area contributed by atoms with E-state index in [0.717, 1.165) is 6.08 Å². The molecule has 0 N–H and O–H groups in total. The van der Waals surface area contributed by atoms with E-state index in [0.29, 0.717) is 6.61 Å². The van der Waals surface area contributed by atoms with E-state index in [4.69, 9.17) is 5.26 Å². The number of carbonyl (C=O) groups is 1. The van der Waals surface area contributed by atoms with Crippen molar-refractivity contribution in [3.8, 4) is 6.07 Å². The quantitative estimate of drug-likeness (QED) is 0.228. The van der Waals surface area contributed by atoms with Gasteiger partial charge in [-0.2, -0.15) is 5.26 Å². The lowest BCUT2D eigenvalue weighted by Gasteiger charge is -1.93. The zero-order valence-corrected chi connectivity index (χ0v) is 14.9. The molecular weight excluding hydrogens is 310 g/mol. The molecule has 0 saturated heterocycles. The lowest BCUT2D eigenvalue weighted by Crippen LogP contribution is -1.98. The second-order valence-corrected chi connectivity index (χ2v) is 3.82. The number of nitrogens with zero attached hydrogens (tertiary/aromatic N) is 1. The Labute approximate surface area is 152 Å². The Morgan fingerprint density at radius 1 is 1.12 bits per heavy atom. The van der Waals surface area contributed by atoms with Gasteiger partial charge in [-0.1, -0.05) is 93.6 Å². The molecule has 132 valence electrons. The monoisotopic (exact) mass is 337 g/mol. The van der Waals surface area contributed by atoms with Gasteiger partial charge in [0.2, 0.25) is 0 Å². The minimum absolute atomic E-state index is 0.335. The number of esters is 1. The summed E-state index contributed by atoms with van der Waals surface area (Å²) >= 11 is 0. The van der Waals surface area contributed by atoms with E-state index in [1.807, 2.05) is 49.4 Å². The molecule has 1 aromatic rings. The minimum Gasteiger partial charge on any atom is -0.458 e.